The van der Waals surface area contributed by atoms with Crippen LogP contribution in [0.25, 0.3) is 11.3 Å². The zero-order valence-electron chi connectivity index (χ0n) is 16.4. The molecule has 7 heteroatoms. The molecule has 1 saturated heterocycles. The van der Waals surface area contributed by atoms with Crippen LogP contribution in [0.1, 0.15) is 6.92 Å². The second-order valence-electron chi connectivity index (χ2n) is 6.94. The number of aromatic nitrogens is 2. The molecule has 4 rings (SSSR count). The van der Waals surface area contributed by atoms with Gasteiger partial charge in [0.2, 0.25) is 11.9 Å². The van der Waals surface area contributed by atoms with Gasteiger partial charge in [0.1, 0.15) is 0 Å². The number of anilines is 4. The Bertz CT molecular complexity index is 983. The Labute approximate surface area is 170 Å². The summed E-state index contributed by atoms with van der Waals surface area (Å²) in [5, 5.41) is 9.45. The zero-order valence-corrected chi connectivity index (χ0v) is 16.4. The van der Waals surface area contributed by atoms with E-state index < -0.39 is 0 Å². The van der Waals surface area contributed by atoms with Crippen molar-refractivity contribution in [2.75, 3.05) is 41.7 Å². The van der Waals surface area contributed by atoms with Gasteiger partial charge in [0.05, 0.1) is 5.69 Å². The molecule has 7 nitrogen and oxygen atoms in total. The average Bonchev–Trinajstić information content (AvgIpc) is 2.75. The van der Waals surface area contributed by atoms with Gasteiger partial charge < -0.3 is 20.9 Å². The van der Waals surface area contributed by atoms with E-state index in [0.717, 1.165) is 48.8 Å². The number of carbonyl (C=O) groups is 1. The molecule has 0 saturated carbocycles. The lowest BCUT2D eigenvalue weighted by molar-refractivity contribution is -0.114. The molecular weight excluding hydrogens is 364 g/mol. The van der Waals surface area contributed by atoms with E-state index in [2.05, 4.69) is 43.0 Å². The number of amides is 1. The molecular formula is C22H24N6O. The summed E-state index contributed by atoms with van der Waals surface area (Å²) in [4.78, 5) is 22.5. The minimum absolute atomic E-state index is 0.0886. The number of nitrogens with one attached hydrogen (secondary N) is 3. The predicted octanol–water partition coefficient (Wildman–Crippen LogP) is 3.26. The lowest BCUT2D eigenvalue weighted by Gasteiger charge is -2.29. The second kappa shape index (κ2) is 8.70. The number of benzene rings is 2. The third-order valence-electron chi connectivity index (χ3n) is 4.74. The minimum Gasteiger partial charge on any atom is -0.369 e. The van der Waals surface area contributed by atoms with Crippen molar-refractivity contribution in [2.24, 2.45) is 0 Å². The van der Waals surface area contributed by atoms with Gasteiger partial charge in [0.25, 0.3) is 0 Å². The van der Waals surface area contributed by atoms with Crippen molar-refractivity contribution in [3.63, 3.8) is 0 Å². The highest BCUT2D eigenvalue weighted by Crippen LogP contribution is 2.24. The predicted molar refractivity (Wildman–Crippen MR) is 117 cm³/mol. The Hall–Kier alpha value is -3.45. The zero-order chi connectivity index (χ0) is 20.1. The van der Waals surface area contributed by atoms with E-state index in [9.17, 15) is 4.79 Å². The molecule has 1 aliphatic rings. The lowest BCUT2D eigenvalue weighted by atomic mass is 10.1. The third kappa shape index (κ3) is 4.89. The van der Waals surface area contributed by atoms with Crippen LogP contribution in [0.15, 0.2) is 60.8 Å². The van der Waals surface area contributed by atoms with Crippen LogP contribution in [0, 0.1) is 0 Å². The summed E-state index contributed by atoms with van der Waals surface area (Å²) >= 11 is 0. The van der Waals surface area contributed by atoms with E-state index in [-0.39, 0.29) is 5.91 Å². The number of carbonyl (C=O) groups excluding carboxylic acids is 1. The van der Waals surface area contributed by atoms with Crippen molar-refractivity contribution >= 4 is 28.9 Å². The number of nitrogens with zero attached hydrogens (tertiary/aromatic N) is 3. The SMILES string of the molecule is CC(=O)Nc1ccc(-c2ccnc(Nc3cccc(N4CCNCC4)c3)n2)cc1. The molecule has 148 valence electrons. The Morgan fingerprint density at radius 3 is 2.59 bits per heavy atom. The summed E-state index contributed by atoms with van der Waals surface area (Å²) in [7, 11) is 0. The smallest absolute Gasteiger partial charge is 0.227 e. The minimum atomic E-state index is -0.0886. The first-order valence-electron chi connectivity index (χ1n) is 9.71. The Morgan fingerprint density at radius 2 is 1.83 bits per heavy atom. The molecule has 1 fully saturated rings. The molecule has 0 aliphatic carbocycles. The van der Waals surface area contributed by atoms with Crippen molar-refractivity contribution in [3.8, 4) is 11.3 Å². The maximum Gasteiger partial charge on any atom is 0.227 e. The molecule has 2 heterocycles. The van der Waals surface area contributed by atoms with Gasteiger partial charge in [-0.3, -0.25) is 4.79 Å². The van der Waals surface area contributed by atoms with Crippen LogP contribution in [0.5, 0.6) is 0 Å². The van der Waals surface area contributed by atoms with Crippen LogP contribution >= 0.6 is 0 Å². The first-order chi connectivity index (χ1) is 14.2. The molecule has 3 aromatic rings. The van der Waals surface area contributed by atoms with E-state index >= 15 is 0 Å². The van der Waals surface area contributed by atoms with Gasteiger partial charge in [0.15, 0.2) is 0 Å². The Balaban J connectivity index is 1.50. The average molecular weight is 388 g/mol. The van der Waals surface area contributed by atoms with Crippen LogP contribution in [-0.4, -0.2) is 42.1 Å². The van der Waals surface area contributed by atoms with E-state index in [4.69, 9.17) is 0 Å². The van der Waals surface area contributed by atoms with Crippen molar-refractivity contribution in [1.82, 2.24) is 15.3 Å². The van der Waals surface area contributed by atoms with Gasteiger partial charge in [-0.1, -0.05) is 18.2 Å². The normalized spacial score (nSPS) is 13.8. The van der Waals surface area contributed by atoms with Gasteiger partial charge in [-0.05, 0) is 36.4 Å². The number of rotatable bonds is 5. The van der Waals surface area contributed by atoms with Crippen molar-refractivity contribution in [3.05, 3.63) is 60.8 Å². The van der Waals surface area contributed by atoms with Crippen LogP contribution in [-0.2, 0) is 4.79 Å². The van der Waals surface area contributed by atoms with Crippen molar-refractivity contribution in [2.45, 2.75) is 6.92 Å². The number of piperazine rings is 1. The fourth-order valence-electron chi connectivity index (χ4n) is 3.34. The fraction of sp³-hybridized carbons (Fsp3) is 0.227. The molecule has 0 unspecified atom stereocenters. The number of hydrogen-bond acceptors (Lipinski definition) is 6. The molecule has 0 spiro atoms. The van der Waals surface area contributed by atoms with Crippen molar-refractivity contribution < 1.29 is 4.79 Å². The first-order valence-corrected chi connectivity index (χ1v) is 9.71. The monoisotopic (exact) mass is 388 g/mol. The van der Waals surface area contributed by atoms with Crippen LogP contribution < -0.4 is 20.9 Å². The van der Waals surface area contributed by atoms with E-state index in [1.165, 1.54) is 12.6 Å². The van der Waals surface area contributed by atoms with Crippen LogP contribution in [0.4, 0.5) is 23.0 Å². The molecule has 0 radical (unpaired) electrons. The van der Waals surface area contributed by atoms with E-state index in [1.54, 1.807) is 6.20 Å². The summed E-state index contributed by atoms with van der Waals surface area (Å²) in [5.74, 6) is 0.459. The van der Waals surface area contributed by atoms with Gasteiger partial charge in [-0.15, -0.1) is 0 Å². The highest BCUT2D eigenvalue weighted by atomic mass is 16.1. The quantitative estimate of drug-likeness (QED) is 0.622. The molecule has 1 aromatic heterocycles. The molecule has 0 atom stereocenters. The van der Waals surface area contributed by atoms with Crippen LogP contribution in [0.3, 0.4) is 0 Å². The summed E-state index contributed by atoms with van der Waals surface area (Å²) < 4.78 is 0. The molecule has 1 aliphatic heterocycles. The van der Waals surface area contributed by atoms with Crippen LogP contribution in [0.2, 0.25) is 0 Å². The van der Waals surface area contributed by atoms with Crippen molar-refractivity contribution in [1.29, 1.82) is 0 Å². The summed E-state index contributed by atoms with van der Waals surface area (Å²) in [6, 6.07) is 17.8. The maximum absolute atomic E-state index is 11.2. The standard InChI is InChI=1S/C22H24N6O/c1-16(29)25-18-7-5-17(6-8-18)21-9-10-24-22(27-21)26-19-3-2-4-20(15-19)28-13-11-23-12-14-28/h2-10,15,23H,11-14H2,1H3,(H,25,29)(H,24,26,27). The fourth-order valence-corrected chi connectivity index (χ4v) is 3.34. The molecule has 29 heavy (non-hydrogen) atoms. The Kier molecular flexibility index (Phi) is 5.67. The summed E-state index contributed by atoms with van der Waals surface area (Å²) in [6.45, 7) is 5.51. The third-order valence-corrected chi connectivity index (χ3v) is 4.74. The first kappa shape index (κ1) is 18.9. The Morgan fingerprint density at radius 1 is 1.03 bits per heavy atom. The van der Waals surface area contributed by atoms with Gasteiger partial charge in [-0.25, -0.2) is 9.97 Å². The summed E-state index contributed by atoms with van der Waals surface area (Å²) in [5.41, 5.74) is 4.69. The van der Waals surface area contributed by atoms with E-state index in [1.807, 2.05) is 42.5 Å². The highest BCUT2D eigenvalue weighted by Gasteiger charge is 2.11. The number of hydrogen-bond donors (Lipinski definition) is 3. The molecule has 0 bridgehead atoms. The van der Waals surface area contributed by atoms with Gasteiger partial charge >= 0.3 is 0 Å². The largest absolute Gasteiger partial charge is 0.369 e. The maximum atomic E-state index is 11.2. The topological polar surface area (TPSA) is 82.2 Å². The van der Waals surface area contributed by atoms with Gasteiger partial charge in [-0.2, -0.15) is 0 Å². The molecule has 2 aromatic carbocycles. The molecule has 1 amide bonds. The summed E-state index contributed by atoms with van der Waals surface area (Å²) in [6.07, 6.45) is 1.74. The van der Waals surface area contributed by atoms with E-state index in [0.29, 0.717) is 5.95 Å². The second-order valence-corrected chi connectivity index (χ2v) is 6.94. The molecule has 3 N–H and O–H groups in total. The van der Waals surface area contributed by atoms with Gasteiger partial charge in [0, 0.05) is 61.9 Å². The lowest BCUT2D eigenvalue weighted by Crippen LogP contribution is -2.43. The highest BCUT2D eigenvalue weighted by molar-refractivity contribution is 5.88.